The quantitative estimate of drug-likeness (QED) is 0.682. The van der Waals surface area contributed by atoms with Crippen molar-refractivity contribution in [3.8, 4) is 0 Å². The Morgan fingerprint density at radius 2 is 1.76 bits per heavy atom. The lowest BCUT2D eigenvalue weighted by molar-refractivity contribution is 0.795. The molecule has 0 saturated carbocycles. The van der Waals surface area contributed by atoms with Crippen molar-refractivity contribution in [3.63, 3.8) is 0 Å². The summed E-state index contributed by atoms with van der Waals surface area (Å²) in [6.07, 6.45) is 5.49. The van der Waals surface area contributed by atoms with E-state index in [4.69, 9.17) is 0 Å². The third kappa shape index (κ3) is 3.22. The minimum absolute atomic E-state index is 0.911. The molecule has 0 aliphatic heterocycles. The zero-order valence-corrected chi connectivity index (χ0v) is 12.3. The van der Waals surface area contributed by atoms with Crippen LogP contribution in [0, 0.1) is 0 Å². The summed E-state index contributed by atoms with van der Waals surface area (Å²) in [6.45, 7) is 2.22. The van der Waals surface area contributed by atoms with Gasteiger partial charge in [0.15, 0.2) is 0 Å². The summed E-state index contributed by atoms with van der Waals surface area (Å²) in [7, 11) is 0. The molecule has 2 nitrogen and oxygen atoms in total. The van der Waals surface area contributed by atoms with Gasteiger partial charge in [-0.25, -0.2) is 4.98 Å². The summed E-state index contributed by atoms with van der Waals surface area (Å²) < 4.78 is 0. The lowest BCUT2D eigenvalue weighted by atomic mass is 10.1. The first kappa shape index (κ1) is 13.6. The molecule has 0 saturated heterocycles. The van der Waals surface area contributed by atoms with E-state index in [-0.39, 0.29) is 0 Å². The van der Waals surface area contributed by atoms with Crippen LogP contribution in [-0.2, 0) is 6.42 Å². The van der Waals surface area contributed by atoms with Crippen LogP contribution in [0.15, 0.2) is 60.8 Å². The normalized spacial score (nSPS) is 10.7. The summed E-state index contributed by atoms with van der Waals surface area (Å²) in [5, 5.41) is 5.77. The summed E-state index contributed by atoms with van der Waals surface area (Å²) in [5.41, 5.74) is 2.48. The predicted octanol–water partition coefficient (Wildman–Crippen LogP) is 5.32. The van der Waals surface area contributed by atoms with Crippen molar-refractivity contribution in [2.75, 3.05) is 5.32 Å². The Morgan fingerprint density at radius 1 is 0.952 bits per heavy atom. The van der Waals surface area contributed by atoms with Crippen LogP contribution in [0.3, 0.4) is 0 Å². The summed E-state index contributed by atoms with van der Waals surface area (Å²) in [6, 6.07) is 19.0. The van der Waals surface area contributed by atoms with E-state index in [1.807, 2.05) is 18.3 Å². The summed E-state index contributed by atoms with van der Waals surface area (Å²) in [4.78, 5) is 4.46. The van der Waals surface area contributed by atoms with E-state index < -0.39 is 0 Å². The molecule has 106 valence electrons. The van der Waals surface area contributed by atoms with Crippen LogP contribution in [0.4, 0.5) is 11.5 Å². The van der Waals surface area contributed by atoms with Crippen LogP contribution in [0.25, 0.3) is 10.8 Å². The number of fused-ring (bicyclic) bond motifs is 1. The number of aromatic nitrogens is 1. The van der Waals surface area contributed by atoms with Crippen LogP contribution in [-0.4, -0.2) is 4.98 Å². The Bertz CT molecular complexity index is 712. The fourth-order valence-electron chi connectivity index (χ4n) is 2.49. The molecule has 0 atom stereocenters. The fraction of sp³-hybridized carbons (Fsp3) is 0.211. The summed E-state index contributed by atoms with van der Waals surface area (Å²) >= 11 is 0. The molecule has 0 amide bonds. The molecule has 3 aromatic rings. The number of nitrogens with zero attached hydrogens (tertiary/aromatic N) is 1. The van der Waals surface area contributed by atoms with Crippen LogP contribution < -0.4 is 5.32 Å². The highest BCUT2D eigenvalue weighted by Gasteiger charge is 2.02. The zero-order valence-electron chi connectivity index (χ0n) is 12.3. The predicted molar refractivity (Wildman–Crippen MR) is 90.1 cm³/mol. The Kier molecular flexibility index (Phi) is 4.15. The zero-order chi connectivity index (χ0) is 14.5. The molecule has 0 unspecified atom stereocenters. The lowest BCUT2D eigenvalue weighted by Crippen LogP contribution is -1.95. The standard InChI is InChI=1S/C19H20N2/c1-2-3-6-15-9-11-17(12-10-15)21-19-18-8-5-4-7-16(18)13-14-20-19/h4-5,7-14H,2-3,6H2,1H3,(H,20,21). The first-order valence-electron chi connectivity index (χ1n) is 7.56. The van der Waals surface area contributed by atoms with Crippen LogP contribution in [0.2, 0.25) is 0 Å². The van der Waals surface area contributed by atoms with Crippen molar-refractivity contribution >= 4 is 22.3 Å². The highest BCUT2D eigenvalue weighted by molar-refractivity contribution is 5.93. The number of nitrogens with one attached hydrogen (secondary N) is 1. The lowest BCUT2D eigenvalue weighted by Gasteiger charge is -2.09. The van der Waals surface area contributed by atoms with Crippen LogP contribution in [0.1, 0.15) is 25.3 Å². The second-order valence-electron chi connectivity index (χ2n) is 5.31. The van der Waals surface area contributed by atoms with Gasteiger partial charge in [-0.05, 0) is 42.0 Å². The maximum absolute atomic E-state index is 4.46. The topological polar surface area (TPSA) is 24.9 Å². The van der Waals surface area contributed by atoms with E-state index >= 15 is 0 Å². The Hall–Kier alpha value is -2.35. The number of rotatable bonds is 5. The van der Waals surface area contributed by atoms with Crippen LogP contribution >= 0.6 is 0 Å². The molecular weight excluding hydrogens is 256 g/mol. The van der Waals surface area contributed by atoms with Gasteiger partial charge in [0.05, 0.1) is 0 Å². The van der Waals surface area contributed by atoms with Gasteiger partial charge < -0.3 is 5.32 Å². The average molecular weight is 276 g/mol. The van der Waals surface area contributed by atoms with Gasteiger partial charge >= 0.3 is 0 Å². The molecule has 0 fully saturated rings. The van der Waals surface area contributed by atoms with E-state index in [1.54, 1.807) is 0 Å². The first-order chi connectivity index (χ1) is 10.4. The van der Waals surface area contributed by atoms with Gasteiger partial charge in [0.1, 0.15) is 5.82 Å². The van der Waals surface area contributed by atoms with Gasteiger partial charge in [-0.3, -0.25) is 0 Å². The Morgan fingerprint density at radius 3 is 2.57 bits per heavy atom. The number of unbranched alkanes of at least 4 members (excludes halogenated alkanes) is 1. The van der Waals surface area contributed by atoms with Crippen molar-refractivity contribution in [3.05, 3.63) is 66.4 Å². The number of hydrogen-bond acceptors (Lipinski definition) is 2. The first-order valence-corrected chi connectivity index (χ1v) is 7.56. The van der Waals surface area contributed by atoms with E-state index in [0.29, 0.717) is 0 Å². The smallest absolute Gasteiger partial charge is 0.138 e. The molecule has 21 heavy (non-hydrogen) atoms. The van der Waals surface area contributed by atoms with E-state index in [2.05, 4.69) is 59.7 Å². The van der Waals surface area contributed by atoms with Gasteiger partial charge in [0.25, 0.3) is 0 Å². The second-order valence-corrected chi connectivity index (χ2v) is 5.31. The molecule has 0 aliphatic rings. The average Bonchev–Trinajstić information content (AvgIpc) is 2.55. The second kappa shape index (κ2) is 6.40. The van der Waals surface area contributed by atoms with Gasteiger partial charge in [-0.2, -0.15) is 0 Å². The molecule has 1 aromatic heterocycles. The molecule has 0 bridgehead atoms. The molecule has 1 heterocycles. The van der Waals surface area contributed by atoms with E-state index in [0.717, 1.165) is 23.3 Å². The third-order valence-electron chi connectivity index (χ3n) is 3.71. The van der Waals surface area contributed by atoms with Crippen molar-refractivity contribution in [2.24, 2.45) is 0 Å². The van der Waals surface area contributed by atoms with Crippen molar-refractivity contribution in [1.82, 2.24) is 4.98 Å². The largest absolute Gasteiger partial charge is 0.340 e. The minimum Gasteiger partial charge on any atom is -0.340 e. The number of aryl methyl sites for hydroxylation is 1. The van der Waals surface area contributed by atoms with Gasteiger partial charge in [0, 0.05) is 17.3 Å². The molecular formula is C19H20N2. The molecule has 2 heteroatoms. The number of anilines is 2. The molecule has 0 spiro atoms. The highest BCUT2D eigenvalue weighted by Crippen LogP contribution is 2.24. The van der Waals surface area contributed by atoms with E-state index in [9.17, 15) is 0 Å². The number of benzene rings is 2. The Balaban J connectivity index is 1.82. The van der Waals surface area contributed by atoms with E-state index in [1.165, 1.54) is 23.8 Å². The molecule has 3 rings (SSSR count). The molecule has 1 N–H and O–H groups in total. The number of pyridine rings is 1. The van der Waals surface area contributed by atoms with Gasteiger partial charge in [0.2, 0.25) is 0 Å². The Labute approximate surface area is 125 Å². The molecule has 0 aliphatic carbocycles. The van der Waals surface area contributed by atoms with Gasteiger partial charge in [-0.15, -0.1) is 0 Å². The fourth-order valence-corrected chi connectivity index (χ4v) is 2.49. The molecule has 0 radical (unpaired) electrons. The van der Waals surface area contributed by atoms with Gasteiger partial charge in [-0.1, -0.05) is 49.7 Å². The van der Waals surface area contributed by atoms with Crippen molar-refractivity contribution in [1.29, 1.82) is 0 Å². The SMILES string of the molecule is CCCCc1ccc(Nc2nccc3ccccc23)cc1. The van der Waals surface area contributed by atoms with Crippen LogP contribution in [0.5, 0.6) is 0 Å². The summed E-state index contributed by atoms with van der Waals surface area (Å²) in [5.74, 6) is 0.911. The monoisotopic (exact) mass is 276 g/mol. The molecule has 2 aromatic carbocycles. The van der Waals surface area contributed by atoms with Crippen molar-refractivity contribution < 1.29 is 0 Å². The highest BCUT2D eigenvalue weighted by atomic mass is 15.0. The van der Waals surface area contributed by atoms with Crippen molar-refractivity contribution in [2.45, 2.75) is 26.2 Å². The third-order valence-corrected chi connectivity index (χ3v) is 3.71. The minimum atomic E-state index is 0.911. The maximum atomic E-state index is 4.46. The maximum Gasteiger partial charge on any atom is 0.138 e. The number of hydrogen-bond donors (Lipinski definition) is 1.